The molecule has 0 aromatic heterocycles. The second kappa shape index (κ2) is 18.6. The van der Waals surface area contributed by atoms with E-state index in [1.807, 2.05) is 18.7 Å². The molecule has 0 spiro atoms. The highest BCUT2D eigenvalue weighted by atomic mass is 35.5. The number of halogens is 3. The van der Waals surface area contributed by atoms with Crippen LogP contribution in [0.5, 0.6) is 0 Å². The Morgan fingerprint density at radius 3 is 2.33 bits per heavy atom. The number of amides is 4. The smallest absolute Gasteiger partial charge is 0.408 e. The van der Waals surface area contributed by atoms with Crippen molar-refractivity contribution in [2.75, 3.05) is 32.7 Å². The van der Waals surface area contributed by atoms with Crippen LogP contribution in [-0.2, 0) is 25.1 Å². The van der Waals surface area contributed by atoms with Crippen molar-refractivity contribution in [2.24, 2.45) is 5.92 Å². The predicted octanol–water partition coefficient (Wildman–Crippen LogP) is 4.75. The first-order valence-electron chi connectivity index (χ1n) is 16.7. The van der Waals surface area contributed by atoms with Crippen molar-refractivity contribution < 1.29 is 37.9 Å². The number of likely N-dealkylation sites (N-methyl/N-ethyl adjacent to an activating group) is 1. The quantitative estimate of drug-likeness (QED) is 0.154. The van der Waals surface area contributed by atoms with Gasteiger partial charge in [-0.3, -0.25) is 24.1 Å². The van der Waals surface area contributed by atoms with E-state index >= 15 is 8.78 Å². The summed E-state index contributed by atoms with van der Waals surface area (Å²) in [5.41, 5.74) is -0.636. The molecule has 2 aromatic carbocycles. The molecule has 1 aliphatic heterocycles. The molecule has 1 fully saturated rings. The van der Waals surface area contributed by atoms with E-state index in [2.05, 4.69) is 16.0 Å². The fourth-order valence-corrected chi connectivity index (χ4v) is 6.21. The summed E-state index contributed by atoms with van der Waals surface area (Å²) in [5.74, 6) is -7.97. The number of unbranched alkanes of at least 4 members (excludes halogenated alkanes) is 1. The van der Waals surface area contributed by atoms with Crippen molar-refractivity contribution >= 4 is 41.2 Å². The average Bonchev–Trinajstić information content (AvgIpc) is 3.49. The molecule has 1 saturated heterocycles. The number of ketones is 1. The predicted molar refractivity (Wildman–Crippen MR) is 181 cm³/mol. The van der Waals surface area contributed by atoms with E-state index in [1.54, 1.807) is 13.0 Å². The minimum absolute atomic E-state index is 0.0128. The van der Waals surface area contributed by atoms with Crippen LogP contribution in [0.4, 0.5) is 13.6 Å². The van der Waals surface area contributed by atoms with E-state index in [4.69, 9.17) is 11.6 Å². The summed E-state index contributed by atoms with van der Waals surface area (Å²) in [6.07, 6.45) is -1.05. The first kappa shape index (κ1) is 39.3. The van der Waals surface area contributed by atoms with Gasteiger partial charge in [-0.15, -0.1) is 0 Å². The number of nitrogens with one attached hydrogen (secondary N) is 3. The van der Waals surface area contributed by atoms with Crippen LogP contribution in [0.2, 0.25) is 5.02 Å². The molecule has 2 aromatic rings. The summed E-state index contributed by atoms with van der Waals surface area (Å²) >= 11 is 6.06. The van der Waals surface area contributed by atoms with Crippen LogP contribution >= 0.6 is 11.6 Å². The van der Waals surface area contributed by atoms with Crippen LogP contribution in [0.25, 0.3) is 0 Å². The van der Waals surface area contributed by atoms with Gasteiger partial charge in [-0.05, 0) is 50.0 Å². The van der Waals surface area contributed by atoms with E-state index in [0.717, 1.165) is 25.2 Å². The Kier molecular flexibility index (Phi) is 14.9. The Morgan fingerprint density at radius 2 is 1.76 bits per heavy atom. The molecule has 1 heterocycles. The number of benzene rings is 2. The lowest BCUT2D eigenvalue weighted by atomic mass is 9.91. The van der Waals surface area contributed by atoms with Gasteiger partial charge in [0.25, 0.3) is 11.8 Å². The number of alkyl halides is 2. The van der Waals surface area contributed by atoms with Crippen molar-refractivity contribution in [2.45, 2.75) is 76.9 Å². The highest BCUT2D eigenvalue weighted by Gasteiger charge is 2.51. The molecule has 11 nitrogen and oxygen atoms in total. The number of rotatable bonds is 19. The SMILES string of the molecule is CCCC[C@@H](C(=O)N[C@@H](C[C@@H]1CCNC1=O)C(=O)C(=O)NCCN(CC)CC)N(C(=O)O)C(c1ccccc1)C(F)(F)c1cccc(Cl)c1. The summed E-state index contributed by atoms with van der Waals surface area (Å²) in [5, 5.41) is 18.3. The van der Waals surface area contributed by atoms with Crippen LogP contribution in [0.1, 0.15) is 70.0 Å². The normalized spacial score (nSPS) is 16.4. The highest BCUT2D eigenvalue weighted by Crippen LogP contribution is 2.46. The van der Waals surface area contributed by atoms with Gasteiger partial charge in [0.1, 0.15) is 12.1 Å². The Balaban J connectivity index is 2.03. The number of nitrogens with zero attached hydrogens (tertiary/aromatic N) is 2. The van der Waals surface area contributed by atoms with Crippen LogP contribution in [0.3, 0.4) is 0 Å². The molecular weight excluding hydrogens is 660 g/mol. The second-order valence-electron chi connectivity index (χ2n) is 12.0. The van der Waals surface area contributed by atoms with Gasteiger partial charge >= 0.3 is 6.09 Å². The van der Waals surface area contributed by atoms with Crippen LogP contribution in [0.15, 0.2) is 54.6 Å². The Bertz CT molecular complexity index is 1440. The van der Waals surface area contributed by atoms with Crippen molar-refractivity contribution in [3.8, 4) is 0 Å². The van der Waals surface area contributed by atoms with Gasteiger partial charge < -0.3 is 26.0 Å². The Morgan fingerprint density at radius 1 is 1.06 bits per heavy atom. The number of hydrogen-bond donors (Lipinski definition) is 4. The Hall–Kier alpha value is -4.10. The topological polar surface area (TPSA) is 148 Å². The lowest BCUT2D eigenvalue weighted by Gasteiger charge is -2.40. The molecule has 0 saturated carbocycles. The molecule has 268 valence electrons. The highest BCUT2D eigenvalue weighted by molar-refractivity contribution is 6.38. The van der Waals surface area contributed by atoms with Crippen LogP contribution in [0, 0.1) is 5.92 Å². The molecule has 4 amide bonds. The molecule has 0 bridgehead atoms. The second-order valence-corrected chi connectivity index (χ2v) is 12.5. The number of carbonyl (C=O) groups is 5. The van der Waals surface area contributed by atoms with E-state index < -0.39 is 59.2 Å². The van der Waals surface area contributed by atoms with Gasteiger partial charge in [0, 0.05) is 36.1 Å². The molecule has 4 N–H and O–H groups in total. The summed E-state index contributed by atoms with van der Waals surface area (Å²) in [7, 11) is 0. The zero-order valence-corrected chi connectivity index (χ0v) is 28.8. The van der Waals surface area contributed by atoms with Gasteiger partial charge in [-0.25, -0.2) is 4.79 Å². The van der Waals surface area contributed by atoms with Gasteiger partial charge in [-0.1, -0.05) is 87.7 Å². The number of Topliss-reactive ketones (excluding diaryl/α,β-unsaturated/α-hetero) is 1. The molecule has 0 aliphatic carbocycles. The van der Waals surface area contributed by atoms with Gasteiger partial charge in [0.2, 0.25) is 17.6 Å². The van der Waals surface area contributed by atoms with E-state index in [1.165, 1.54) is 36.4 Å². The van der Waals surface area contributed by atoms with Crippen LogP contribution in [-0.4, -0.2) is 89.3 Å². The largest absolute Gasteiger partial charge is 0.465 e. The first-order valence-corrected chi connectivity index (χ1v) is 17.1. The first-order chi connectivity index (χ1) is 23.3. The van der Waals surface area contributed by atoms with Gasteiger partial charge in [-0.2, -0.15) is 8.78 Å². The lowest BCUT2D eigenvalue weighted by Crippen LogP contribution is -2.57. The lowest BCUT2D eigenvalue weighted by molar-refractivity contribution is -0.142. The third-order valence-corrected chi connectivity index (χ3v) is 9.02. The van der Waals surface area contributed by atoms with Gasteiger partial charge in [0.05, 0.1) is 6.04 Å². The standard InChI is InChI=1S/C35H46ClF2N5O6/c1-4-7-16-28(43(34(48)49)30(23-12-9-8-10-13-23)35(37,38)25-14-11-15-26(36)22-25)32(46)41-27(21-24-17-18-39-31(24)45)29(44)33(47)40-19-20-42(5-2)6-3/h8-15,22,24,27-28,30H,4-7,16-21H2,1-3H3,(H,39,45)(H,40,47)(H,41,46)(H,48,49)/t24-,27-,28-,30?/m0/s1. The fourth-order valence-electron chi connectivity index (χ4n) is 6.02. The molecular formula is C35H46ClF2N5O6. The molecule has 0 radical (unpaired) electrons. The van der Waals surface area contributed by atoms with Crippen molar-refractivity contribution in [1.29, 1.82) is 0 Å². The molecule has 3 rings (SSSR count). The number of carbonyl (C=O) groups excluding carboxylic acids is 4. The molecule has 1 aliphatic rings. The van der Waals surface area contributed by atoms with Crippen molar-refractivity contribution in [3.63, 3.8) is 0 Å². The zero-order valence-electron chi connectivity index (χ0n) is 28.1. The molecule has 1 unspecified atom stereocenters. The summed E-state index contributed by atoms with van der Waals surface area (Å²) in [6.45, 7) is 8.14. The maximum absolute atomic E-state index is 16.6. The summed E-state index contributed by atoms with van der Waals surface area (Å²) in [4.78, 5) is 68.7. The maximum atomic E-state index is 16.6. The fraction of sp³-hybridized carbons (Fsp3) is 0.514. The van der Waals surface area contributed by atoms with E-state index in [9.17, 15) is 29.1 Å². The Labute approximate surface area is 290 Å². The van der Waals surface area contributed by atoms with E-state index in [0.29, 0.717) is 30.8 Å². The van der Waals surface area contributed by atoms with Crippen molar-refractivity contribution in [3.05, 3.63) is 70.7 Å². The van der Waals surface area contributed by atoms with Crippen molar-refractivity contribution in [1.82, 2.24) is 25.8 Å². The minimum atomic E-state index is -3.88. The maximum Gasteiger partial charge on any atom is 0.408 e. The molecule has 4 atom stereocenters. The number of carboxylic acid groups (broad SMARTS) is 1. The van der Waals surface area contributed by atoms with E-state index in [-0.39, 0.29) is 42.3 Å². The monoisotopic (exact) mass is 705 g/mol. The minimum Gasteiger partial charge on any atom is -0.465 e. The molecule has 14 heteroatoms. The third-order valence-electron chi connectivity index (χ3n) is 8.78. The zero-order chi connectivity index (χ0) is 36.1. The third kappa shape index (κ3) is 10.4. The molecule has 49 heavy (non-hydrogen) atoms. The summed E-state index contributed by atoms with van der Waals surface area (Å²) < 4.78 is 33.3. The average molecular weight is 706 g/mol. The van der Waals surface area contributed by atoms with Crippen LogP contribution < -0.4 is 16.0 Å². The number of hydrogen-bond acceptors (Lipinski definition) is 6. The summed E-state index contributed by atoms with van der Waals surface area (Å²) in [6, 6.07) is 6.75. The van der Waals surface area contributed by atoms with Gasteiger partial charge in [0.15, 0.2) is 0 Å².